The van der Waals surface area contributed by atoms with E-state index in [0.29, 0.717) is 12.8 Å². The van der Waals surface area contributed by atoms with Gasteiger partial charge in [-0.25, -0.2) is 8.42 Å². The van der Waals surface area contributed by atoms with Crippen LogP contribution in [0.4, 0.5) is 11.4 Å². The van der Waals surface area contributed by atoms with Gasteiger partial charge in [-0.1, -0.05) is 24.3 Å². The van der Waals surface area contributed by atoms with Crippen LogP contribution < -0.4 is 39.6 Å². The third-order valence-corrected chi connectivity index (χ3v) is 8.26. The van der Waals surface area contributed by atoms with Gasteiger partial charge in [0, 0.05) is 18.3 Å². The number of rotatable bonds is 8. The Bertz CT molecular complexity index is 1460. The average molecular weight is 540 g/mol. The Balaban J connectivity index is 0.00000408. The van der Waals surface area contributed by atoms with Gasteiger partial charge in [-0.15, -0.1) is 0 Å². The number of hydrogen-bond acceptors (Lipinski definition) is 7. The average Bonchev–Trinajstić information content (AvgIpc) is 3.51. The maximum Gasteiger partial charge on any atom is 1.00 e. The van der Waals surface area contributed by atoms with E-state index >= 15 is 0 Å². The molecule has 1 aliphatic carbocycles. The van der Waals surface area contributed by atoms with Crippen LogP contribution >= 0.6 is 0 Å². The summed E-state index contributed by atoms with van der Waals surface area (Å²) in [7, 11) is -13.2. The molecular formula is C19H20N2NaO9S3+. The Kier molecular flexibility index (Phi) is 8.75. The Hall–Kier alpha value is -1.78. The number of benzene rings is 2. The van der Waals surface area contributed by atoms with Crippen LogP contribution in [-0.2, 0) is 35.1 Å². The molecule has 0 aromatic heterocycles. The van der Waals surface area contributed by atoms with E-state index in [-0.39, 0.29) is 52.1 Å². The molecule has 0 atom stereocenters. The number of sulfonamides is 1. The molecule has 34 heavy (non-hydrogen) atoms. The van der Waals surface area contributed by atoms with Crippen molar-refractivity contribution in [2.45, 2.75) is 34.8 Å². The Morgan fingerprint density at radius 1 is 0.853 bits per heavy atom. The van der Waals surface area contributed by atoms with Gasteiger partial charge in [-0.05, 0) is 48.2 Å². The van der Waals surface area contributed by atoms with Crippen molar-refractivity contribution < 1.29 is 68.7 Å². The maximum absolute atomic E-state index is 12.1. The van der Waals surface area contributed by atoms with Crippen molar-refractivity contribution in [1.29, 1.82) is 0 Å². The minimum atomic E-state index is -4.78. The van der Waals surface area contributed by atoms with Gasteiger partial charge in [0.25, 0.3) is 20.2 Å². The Morgan fingerprint density at radius 3 is 1.71 bits per heavy atom. The van der Waals surface area contributed by atoms with Gasteiger partial charge in [0.1, 0.15) is 9.79 Å². The van der Waals surface area contributed by atoms with Gasteiger partial charge in [0.15, 0.2) is 0 Å². The van der Waals surface area contributed by atoms with E-state index in [2.05, 4.69) is 10.0 Å². The molecule has 2 aromatic rings. The molecule has 0 heterocycles. The van der Waals surface area contributed by atoms with Crippen LogP contribution in [-0.4, -0.2) is 45.5 Å². The summed E-state index contributed by atoms with van der Waals surface area (Å²) in [5, 5.41) is 1.83. The van der Waals surface area contributed by atoms with Crippen LogP contribution in [0.1, 0.15) is 30.9 Å². The molecule has 178 valence electrons. The molecule has 0 saturated heterocycles. The molecule has 11 nitrogen and oxygen atoms in total. The number of anilines is 2. The summed E-state index contributed by atoms with van der Waals surface area (Å²) in [6.07, 6.45) is 3.35. The van der Waals surface area contributed by atoms with E-state index in [1.54, 1.807) is 0 Å². The van der Waals surface area contributed by atoms with Crippen LogP contribution in [0.15, 0.2) is 46.2 Å². The number of hydrogen-bond donors (Lipinski definition) is 4. The van der Waals surface area contributed by atoms with Gasteiger partial charge in [-0.2, -0.15) is 16.8 Å². The molecule has 0 radical (unpaired) electrons. The topological polar surface area (TPSA) is 184 Å². The molecule has 0 spiro atoms. The third-order valence-electron chi connectivity index (χ3n) is 4.57. The largest absolute Gasteiger partial charge is 1.00 e. The third kappa shape index (κ3) is 7.36. The molecule has 0 bridgehead atoms. The van der Waals surface area contributed by atoms with Gasteiger partial charge < -0.3 is 5.32 Å². The zero-order chi connectivity index (χ0) is 24.6. The first-order valence-corrected chi connectivity index (χ1v) is 13.8. The van der Waals surface area contributed by atoms with Gasteiger partial charge in [0.2, 0.25) is 15.9 Å². The van der Waals surface area contributed by atoms with E-state index in [9.17, 15) is 39.2 Å². The van der Waals surface area contributed by atoms with E-state index in [4.69, 9.17) is 0 Å². The standard InChI is InChI=1S/C19H20N2O9S3.Na/c1-12(22)20-15-6-4-13(18(10-15)32(25,26)27)2-3-14-5-7-16(11-19(14)33(28,29)30)21-31(23,24)17-8-9-17;/h2-7,10-11,17,21H,8-9H2,1H3,(H,20,22)(H,25,26,27)(H,28,29,30);/q;+1/b3-2+;. The molecule has 1 amide bonds. The first-order chi connectivity index (χ1) is 15.2. The quantitative estimate of drug-likeness (QED) is 0.190. The van der Waals surface area contributed by atoms with Crippen molar-refractivity contribution in [3.8, 4) is 0 Å². The fraction of sp³-hybridized carbons (Fsp3) is 0.211. The molecular weight excluding hydrogens is 519 g/mol. The summed E-state index contributed by atoms with van der Waals surface area (Å²) in [5.41, 5.74) is -0.0614. The zero-order valence-electron chi connectivity index (χ0n) is 18.1. The summed E-state index contributed by atoms with van der Waals surface area (Å²) in [6, 6.07) is 7.13. The minimum absolute atomic E-state index is 0. The fourth-order valence-corrected chi connectivity index (χ4v) is 5.74. The van der Waals surface area contributed by atoms with Crippen LogP contribution in [0.3, 0.4) is 0 Å². The fourth-order valence-electron chi connectivity index (χ4n) is 2.94. The molecule has 0 unspecified atom stereocenters. The van der Waals surface area contributed by atoms with Crippen LogP contribution in [0.5, 0.6) is 0 Å². The van der Waals surface area contributed by atoms with E-state index in [1.807, 2.05) is 0 Å². The second-order valence-electron chi connectivity index (χ2n) is 7.32. The monoisotopic (exact) mass is 539 g/mol. The van der Waals surface area contributed by atoms with E-state index in [1.165, 1.54) is 43.3 Å². The molecule has 3 rings (SSSR count). The molecule has 1 saturated carbocycles. The Morgan fingerprint density at radius 2 is 1.29 bits per heavy atom. The van der Waals surface area contributed by atoms with E-state index in [0.717, 1.165) is 12.1 Å². The van der Waals surface area contributed by atoms with E-state index < -0.39 is 51.2 Å². The molecule has 2 aromatic carbocycles. The van der Waals surface area contributed by atoms with Crippen molar-refractivity contribution in [3.63, 3.8) is 0 Å². The van der Waals surface area contributed by atoms with Crippen molar-refractivity contribution in [1.82, 2.24) is 0 Å². The number of amides is 1. The van der Waals surface area contributed by atoms with Crippen molar-refractivity contribution in [3.05, 3.63) is 47.5 Å². The summed E-state index contributed by atoms with van der Waals surface area (Å²) in [5.74, 6) is -0.463. The predicted octanol–water partition coefficient (Wildman–Crippen LogP) is -0.783. The van der Waals surface area contributed by atoms with Gasteiger partial charge in [0.05, 0.1) is 5.25 Å². The summed E-state index contributed by atoms with van der Waals surface area (Å²) in [4.78, 5) is 10.0. The second-order valence-corrected chi connectivity index (χ2v) is 12.1. The minimum Gasteiger partial charge on any atom is -0.326 e. The van der Waals surface area contributed by atoms with Crippen LogP contribution in [0, 0.1) is 0 Å². The SMILES string of the molecule is CC(=O)Nc1ccc(/C=C/c2ccc(NS(=O)(=O)C3CC3)cc2S(=O)(=O)O)c(S(=O)(=O)O)c1.[Na+]. The van der Waals surface area contributed by atoms with Crippen LogP contribution in [0.2, 0.25) is 0 Å². The molecule has 15 heteroatoms. The predicted molar refractivity (Wildman–Crippen MR) is 121 cm³/mol. The van der Waals surface area contributed by atoms with Crippen molar-refractivity contribution in [2.75, 3.05) is 10.0 Å². The molecule has 4 N–H and O–H groups in total. The molecule has 0 aliphatic heterocycles. The zero-order valence-corrected chi connectivity index (χ0v) is 22.5. The number of nitrogens with one attached hydrogen (secondary N) is 2. The van der Waals surface area contributed by atoms with Crippen LogP contribution in [0.25, 0.3) is 12.2 Å². The van der Waals surface area contributed by atoms with Gasteiger partial charge in [-0.3, -0.25) is 18.6 Å². The molecule has 1 aliphatic rings. The summed E-state index contributed by atoms with van der Waals surface area (Å²) >= 11 is 0. The maximum atomic E-state index is 12.1. The smallest absolute Gasteiger partial charge is 0.326 e. The van der Waals surface area contributed by atoms with Crippen molar-refractivity contribution >= 4 is 59.7 Å². The van der Waals surface area contributed by atoms with Crippen molar-refractivity contribution in [2.24, 2.45) is 0 Å². The first kappa shape index (κ1) is 28.5. The molecule has 1 fully saturated rings. The number of carbonyl (C=O) groups excluding carboxylic acids is 1. The summed E-state index contributed by atoms with van der Waals surface area (Å²) in [6.45, 7) is 1.21. The Labute approximate surface area is 219 Å². The number of carbonyl (C=O) groups is 1. The normalized spacial score (nSPS) is 14.4. The summed E-state index contributed by atoms with van der Waals surface area (Å²) < 4.78 is 92.9. The second kappa shape index (κ2) is 10.5. The first-order valence-electron chi connectivity index (χ1n) is 9.37. The van der Waals surface area contributed by atoms with Gasteiger partial charge >= 0.3 is 29.6 Å².